The lowest BCUT2D eigenvalue weighted by atomic mass is 10.3. The first-order valence-corrected chi connectivity index (χ1v) is 6.29. The Morgan fingerprint density at radius 3 is 3.05 bits per heavy atom. The van der Waals surface area contributed by atoms with E-state index in [1.54, 1.807) is 42.4 Å². The van der Waals surface area contributed by atoms with Crippen molar-refractivity contribution >= 4 is 11.9 Å². The zero-order chi connectivity index (χ0) is 15.2. The summed E-state index contributed by atoms with van der Waals surface area (Å²) in [6.07, 6.45) is 6.59. The second-order valence-electron chi connectivity index (χ2n) is 4.47. The minimum atomic E-state index is -0.244. The number of nitrogens with zero attached hydrogens (tertiary/aromatic N) is 5. The van der Waals surface area contributed by atoms with E-state index >= 15 is 0 Å². The minimum absolute atomic E-state index is 0.244. The normalized spacial score (nSPS) is 12.0. The van der Waals surface area contributed by atoms with E-state index in [4.69, 9.17) is 0 Å². The topological polar surface area (TPSA) is 73.8 Å². The Balaban J connectivity index is 2.25. The number of aromatic nitrogens is 3. The second kappa shape index (κ2) is 6.65. The van der Waals surface area contributed by atoms with Crippen LogP contribution in [0.1, 0.15) is 18.2 Å². The van der Waals surface area contributed by atoms with Gasteiger partial charge in [-0.3, -0.25) is 9.55 Å². The fourth-order valence-electron chi connectivity index (χ4n) is 1.80. The van der Waals surface area contributed by atoms with Gasteiger partial charge >= 0.3 is 5.69 Å². The SMILES string of the molecule is [CH2]O/N=C(\C)Cn1c(C)cn(/N=C/c2cccnc2)c1=O. The van der Waals surface area contributed by atoms with Gasteiger partial charge in [0.1, 0.15) is 0 Å². The van der Waals surface area contributed by atoms with Gasteiger partial charge in [0.15, 0.2) is 7.11 Å². The van der Waals surface area contributed by atoms with Crippen LogP contribution in [0.25, 0.3) is 0 Å². The molecule has 0 saturated heterocycles. The Hall–Kier alpha value is -2.70. The summed E-state index contributed by atoms with van der Waals surface area (Å²) in [5, 5.41) is 7.84. The smallest absolute Gasteiger partial charge is 0.349 e. The van der Waals surface area contributed by atoms with Crippen LogP contribution in [0.2, 0.25) is 0 Å². The molecule has 0 saturated carbocycles. The highest BCUT2D eigenvalue weighted by Gasteiger charge is 2.08. The number of imidazole rings is 1. The maximum atomic E-state index is 12.2. The van der Waals surface area contributed by atoms with Crippen molar-refractivity contribution in [3.05, 3.63) is 59.6 Å². The molecule has 0 aliphatic carbocycles. The number of oxime groups is 1. The molecule has 21 heavy (non-hydrogen) atoms. The van der Waals surface area contributed by atoms with Gasteiger partial charge in [-0.2, -0.15) is 9.78 Å². The molecule has 0 aliphatic heterocycles. The largest absolute Gasteiger partial charge is 0.392 e. The molecule has 0 aliphatic rings. The van der Waals surface area contributed by atoms with E-state index in [-0.39, 0.29) is 5.69 Å². The van der Waals surface area contributed by atoms with Gasteiger partial charge in [-0.05, 0) is 19.9 Å². The van der Waals surface area contributed by atoms with Gasteiger partial charge in [-0.15, -0.1) is 0 Å². The molecule has 109 valence electrons. The summed E-state index contributed by atoms with van der Waals surface area (Å²) in [5.74, 6) is 0. The third-order valence-electron chi connectivity index (χ3n) is 2.78. The quantitative estimate of drug-likeness (QED) is 0.616. The highest BCUT2D eigenvalue weighted by atomic mass is 16.6. The van der Waals surface area contributed by atoms with E-state index < -0.39 is 0 Å². The predicted molar refractivity (Wildman–Crippen MR) is 80.2 cm³/mol. The van der Waals surface area contributed by atoms with Gasteiger partial charge in [0.25, 0.3) is 0 Å². The molecule has 2 aromatic rings. The molecular weight excluding hydrogens is 270 g/mol. The molecule has 1 radical (unpaired) electrons. The van der Waals surface area contributed by atoms with E-state index in [2.05, 4.69) is 27.2 Å². The highest BCUT2D eigenvalue weighted by Crippen LogP contribution is 1.98. The molecule has 0 spiro atoms. The third kappa shape index (κ3) is 3.65. The molecule has 2 heterocycles. The van der Waals surface area contributed by atoms with Crippen LogP contribution in [0.4, 0.5) is 0 Å². The molecule has 7 heteroatoms. The lowest BCUT2D eigenvalue weighted by Crippen LogP contribution is -2.25. The van der Waals surface area contributed by atoms with Crippen molar-refractivity contribution in [3.8, 4) is 0 Å². The fraction of sp³-hybridized carbons (Fsp3) is 0.214. The highest BCUT2D eigenvalue weighted by molar-refractivity contribution is 5.81. The lowest BCUT2D eigenvalue weighted by molar-refractivity contribution is 0.258. The average molecular weight is 286 g/mol. The Morgan fingerprint density at radius 2 is 2.38 bits per heavy atom. The number of aryl methyl sites for hydroxylation is 1. The van der Waals surface area contributed by atoms with E-state index in [9.17, 15) is 4.79 Å². The summed E-state index contributed by atoms with van der Waals surface area (Å²) in [6.45, 7) is 3.92. The maximum absolute atomic E-state index is 12.2. The monoisotopic (exact) mass is 286 g/mol. The lowest BCUT2D eigenvalue weighted by Gasteiger charge is -2.02. The average Bonchev–Trinajstić information content (AvgIpc) is 2.74. The predicted octanol–water partition coefficient (Wildman–Crippen LogP) is 1.42. The maximum Gasteiger partial charge on any atom is 0.349 e. The van der Waals surface area contributed by atoms with Crippen molar-refractivity contribution in [2.45, 2.75) is 20.4 Å². The Bertz CT molecular complexity index is 713. The molecule has 0 amide bonds. The Morgan fingerprint density at radius 1 is 1.57 bits per heavy atom. The van der Waals surface area contributed by atoms with Crippen LogP contribution in [0.3, 0.4) is 0 Å². The number of rotatable bonds is 5. The summed E-state index contributed by atoms with van der Waals surface area (Å²) in [7, 11) is 3.17. The molecule has 2 rings (SSSR count). The number of hydrogen-bond acceptors (Lipinski definition) is 5. The van der Waals surface area contributed by atoms with Crippen LogP contribution >= 0.6 is 0 Å². The molecule has 0 unspecified atom stereocenters. The van der Waals surface area contributed by atoms with Crippen LogP contribution in [0.5, 0.6) is 0 Å². The van der Waals surface area contributed by atoms with Gasteiger partial charge in [-0.25, -0.2) is 4.79 Å². The minimum Gasteiger partial charge on any atom is -0.392 e. The van der Waals surface area contributed by atoms with Crippen molar-refractivity contribution in [1.82, 2.24) is 14.2 Å². The number of hydrogen-bond donors (Lipinski definition) is 0. The summed E-state index contributed by atoms with van der Waals surface area (Å²) >= 11 is 0. The van der Waals surface area contributed by atoms with Crippen molar-refractivity contribution in [2.75, 3.05) is 0 Å². The fourth-order valence-corrected chi connectivity index (χ4v) is 1.80. The summed E-state index contributed by atoms with van der Waals surface area (Å²) in [6, 6.07) is 3.66. The van der Waals surface area contributed by atoms with Crippen LogP contribution in [0.15, 0.2) is 45.8 Å². The van der Waals surface area contributed by atoms with Crippen molar-refractivity contribution in [2.24, 2.45) is 10.3 Å². The first-order chi connectivity index (χ1) is 10.1. The first-order valence-electron chi connectivity index (χ1n) is 6.29. The zero-order valence-electron chi connectivity index (χ0n) is 11.9. The van der Waals surface area contributed by atoms with Gasteiger partial charge < -0.3 is 4.84 Å². The van der Waals surface area contributed by atoms with Crippen LogP contribution in [-0.2, 0) is 11.4 Å². The van der Waals surface area contributed by atoms with Crippen molar-refractivity contribution in [3.63, 3.8) is 0 Å². The Kier molecular flexibility index (Phi) is 4.65. The van der Waals surface area contributed by atoms with Gasteiger partial charge in [0, 0.05) is 23.7 Å². The summed E-state index contributed by atoms with van der Waals surface area (Å²) in [4.78, 5) is 20.7. The third-order valence-corrected chi connectivity index (χ3v) is 2.78. The molecule has 0 N–H and O–H groups in total. The van der Waals surface area contributed by atoms with Gasteiger partial charge in [0.05, 0.1) is 24.7 Å². The molecular formula is C14H16N5O2. The van der Waals surface area contributed by atoms with Gasteiger partial charge in [-0.1, -0.05) is 11.2 Å². The van der Waals surface area contributed by atoms with E-state index in [0.717, 1.165) is 11.3 Å². The summed E-state index contributed by atoms with van der Waals surface area (Å²) < 4.78 is 2.83. The molecule has 7 nitrogen and oxygen atoms in total. The van der Waals surface area contributed by atoms with Gasteiger partial charge in [0.2, 0.25) is 0 Å². The Labute approximate surface area is 122 Å². The van der Waals surface area contributed by atoms with Crippen LogP contribution in [0, 0.1) is 14.0 Å². The van der Waals surface area contributed by atoms with E-state index in [1.165, 1.54) is 4.68 Å². The standard InChI is InChI=1S/C14H16N5O2/c1-11(17-21-3)9-18-12(2)10-19(14(18)20)16-8-13-5-4-6-15-7-13/h4-8,10H,3,9H2,1-2H3/b16-8+,17-11+. The zero-order valence-corrected chi connectivity index (χ0v) is 11.9. The van der Waals surface area contributed by atoms with Crippen LogP contribution in [-0.4, -0.2) is 26.2 Å². The summed E-state index contributed by atoms with van der Waals surface area (Å²) in [5.41, 5.74) is 2.00. The van der Waals surface area contributed by atoms with Crippen molar-refractivity contribution < 1.29 is 4.84 Å². The van der Waals surface area contributed by atoms with E-state index in [0.29, 0.717) is 12.3 Å². The second-order valence-corrected chi connectivity index (χ2v) is 4.47. The molecule has 0 atom stereocenters. The molecule has 0 bridgehead atoms. The van der Waals surface area contributed by atoms with E-state index in [1.807, 2.05) is 13.0 Å². The van der Waals surface area contributed by atoms with Crippen molar-refractivity contribution in [1.29, 1.82) is 0 Å². The number of pyridine rings is 1. The van der Waals surface area contributed by atoms with Crippen LogP contribution < -0.4 is 5.69 Å². The molecule has 0 aromatic carbocycles. The molecule has 0 fully saturated rings. The first kappa shape index (κ1) is 14.7. The molecule has 2 aromatic heterocycles.